The second-order valence-electron chi connectivity index (χ2n) is 5.33. The van der Waals surface area contributed by atoms with E-state index in [1.54, 1.807) is 0 Å². The van der Waals surface area contributed by atoms with Gasteiger partial charge in [-0.3, -0.25) is 0 Å². The molecule has 1 aromatic carbocycles. The van der Waals surface area contributed by atoms with E-state index >= 15 is 0 Å². The summed E-state index contributed by atoms with van der Waals surface area (Å²) in [6, 6.07) is 10.4. The molecule has 0 amide bonds. The average molecular weight is 261 g/mol. The number of furan rings is 1. The molecule has 0 bridgehead atoms. The smallest absolute Gasteiger partial charge is 0.134 e. The molecule has 0 saturated carbocycles. The predicted molar refractivity (Wildman–Crippen MR) is 78.3 cm³/mol. The number of hydrogen-bond acceptors (Lipinski definition) is 3. The zero-order valence-electron chi connectivity index (χ0n) is 12.0. The average Bonchev–Trinajstić information content (AvgIpc) is 2.81. The molecular weight excluding hydrogens is 238 g/mol. The lowest BCUT2D eigenvalue weighted by Gasteiger charge is -2.12. The molecule has 2 aromatic rings. The molecule has 1 heterocycles. The lowest BCUT2D eigenvalue weighted by Crippen LogP contribution is -2.23. The van der Waals surface area contributed by atoms with Crippen molar-refractivity contribution >= 4 is 11.0 Å². The van der Waals surface area contributed by atoms with Gasteiger partial charge in [-0.15, -0.1) is 0 Å². The second kappa shape index (κ2) is 6.73. The molecule has 1 atom stereocenters. The Morgan fingerprint density at radius 1 is 1.21 bits per heavy atom. The van der Waals surface area contributed by atoms with Crippen molar-refractivity contribution in [2.75, 3.05) is 19.8 Å². The largest absolute Gasteiger partial charge is 0.459 e. The SMILES string of the molecule is CC(C)COCCNC(C)c1cc2ccccc2o1. The van der Waals surface area contributed by atoms with Gasteiger partial charge in [-0.1, -0.05) is 32.0 Å². The first-order valence-corrected chi connectivity index (χ1v) is 6.96. The van der Waals surface area contributed by atoms with Crippen LogP contribution in [0.1, 0.15) is 32.6 Å². The van der Waals surface area contributed by atoms with E-state index in [1.807, 2.05) is 18.2 Å². The van der Waals surface area contributed by atoms with Crippen molar-refractivity contribution in [2.45, 2.75) is 26.8 Å². The molecule has 1 aromatic heterocycles. The summed E-state index contributed by atoms with van der Waals surface area (Å²) in [6.07, 6.45) is 0. The molecular formula is C16H23NO2. The topological polar surface area (TPSA) is 34.4 Å². The number of fused-ring (bicyclic) bond motifs is 1. The molecule has 0 fully saturated rings. The van der Waals surface area contributed by atoms with Gasteiger partial charge >= 0.3 is 0 Å². The van der Waals surface area contributed by atoms with Gasteiger partial charge < -0.3 is 14.5 Å². The maximum atomic E-state index is 5.82. The summed E-state index contributed by atoms with van der Waals surface area (Å²) in [6.45, 7) is 8.82. The van der Waals surface area contributed by atoms with E-state index in [-0.39, 0.29) is 6.04 Å². The van der Waals surface area contributed by atoms with Crippen LogP contribution in [-0.4, -0.2) is 19.8 Å². The summed E-state index contributed by atoms with van der Waals surface area (Å²) in [5.41, 5.74) is 0.946. The molecule has 3 nitrogen and oxygen atoms in total. The minimum Gasteiger partial charge on any atom is -0.459 e. The highest BCUT2D eigenvalue weighted by atomic mass is 16.5. The normalized spacial score (nSPS) is 13.3. The van der Waals surface area contributed by atoms with Gasteiger partial charge in [0, 0.05) is 18.5 Å². The maximum absolute atomic E-state index is 5.82. The fraction of sp³-hybridized carbons (Fsp3) is 0.500. The van der Waals surface area contributed by atoms with E-state index in [0.29, 0.717) is 5.92 Å². The molecule has 0 saturated heterocycles. The molecule has 104 valence electrons. The van der Waals surface area contributed by atoms with E-state index in [0.717, 1.165) is 36.5 Å². The summed E-state index contributed by atoms with van der Waals surface area (Å²) < 4.78 is 11.4. The summed E-state index contributed by atoms with van der Waals surface area (Å²) in [5, 5.41) is 4.57. The van der Waals surface area contributed by atoms with Crippen LogP contribution in [0.15, 0.2) is 34.7 Å². The Morgan fingerprint density at radius 3 is 2.74 bits per heavy atom. The van der Waals surface area contributed by atoms with E-state index in [9.17, 15) is 0 Å². The molecule has 0 spiro atoms. The molecule has 1 unspecified atom stereocenters. The Morgan fingerprint density at radius 2 is 2.00 bits per heavy atom. The van der Waals surface area contributed by atoms with Crippen LogP contribution >= 0.6 is 0 Å². The molecule has 19 heavy (non-hydrogen) atoms. The highest BCUT2D eigenvalue weighted by molar-refractivity contribution is 5.77. The van der Waals surface area contributed by atoms with Gasteiger partial charge in [0.25, 0.3) is 0 Å². The number of hydrogen-bond donors (Lipinski definition) is 1. The molecule has 0 aliphatic heterocycles. The summed E-state index contributed by atoms with van der Waals surface area (Å²) in [4.78, 5) is 0. The van der Waals surface area contributed by atoms with Crippen LogP contribution in [0.3, 0.4) is 0 Å². The first-order chi connectivity index (χ1) is 9.16. The summed E-state index contributed by atoms with van der Waals surface area (Å²) in [5.74, 6) is 1.57. The number of para-hydroxylation sites is 1. The molecule has 0 aliphatic rings. The first-order valence-electron chi connectivity index (χ1n) is 6.96. The van der Waals surface area contributed by atoms with Crippen molar-refractivity contribution < 1.29 is 9.15 Å². The van der Waals surface area contributed by atoms with E-state index in [1.165, 1.54) is 0 Å². The van der Waals surface area contributed by atoms with Crippen LogP contribution in [0.5, 0.6) is 0 Å². The minimum atomic E-state index is 0.204. The molecule has 0 radical (unpaired) electrons. The molecule has 3 heteroatoms. The van der Waals surface area contributed by atoms with Crippen molar-refractivity contribution in [1.82, 2.24) is 5.32 Å². The quantitative estimate of drug-likeness (QED) is 0.771. The Kier molecular flexibility index (Phi) is 5.00. The van der Waals surface area contributed by atoms with Crippen molar-refractivity contribution in [3.8, 4) is 0 Å². The highest BCUT2D eigenvalue weighted by Gasteiger charge is 2.10. The van der Waals surface area contributed by atoms with Gasteiger partial charge in [-0.2, -0.15) is 0 Å². The highest BCUT2D eigenvalue weighted by Crippen LogP contribution is 2.23. The third kappa shape index (κ3) is 4.08. The van der Waals surface area contributed by atoms with E-state index in [2.05, 4.69) is 38.2 Å². The van der Waals surface area contributed by atoms with Crippen molar-refractivity contribution in [2.24, 2.45) is 5.92 Å². The standard InChI is InChI=1S/C16H23NO2/c1-12(2)11-18-9-8-17-13(3)16-10-14-6-4-5-7-15(14)19-16/h4-7,10,12-13,17H,8-9,11H2,1-3H3. The van der Waals surface area contributed by atoms with Gasteiger partial charge in [0.05, 0.1) is 12.6 Å². The number of ether oxygens (including phenoxy) is 1. The van der Waals surface area contributed by atoms with E-state index in [4.69, 9.17) is 9.15 Å². The zero-order chi connectivity index (χ0) is 13.7. The van der Waals surface area contributed by atoms with Crippen LogP contribution in [0.2, 0.25) is 0 Å². The number of nitrogens with one attached hydrogen (secondary N) is 1. The fourth-order valence-electron chi connectivity index (χ4n) is 1.98. The van der Waals surface area contributed by atoms with Gasteiger partial charge in [-0.25, -0.2) is 0 Å². The number of benzene rings is 1. The van der Waals surface area contributed by atoms with Crippen LogP contribution in [0, 0.1) is 5.92 Å². The zero-order valence-corrected chi connectivity index (χ0v) is 12.0. The molecule has 2 rings (SSSR count). The predicted octanol–water partition coefficient (Wildman–Crippen LogP) is 3.76. The van der Waals surface area contributed by atoms with Gasteiger partial charge in [0.1, 0.15) is 11.3 Å². The number of rotatable bonds is 7. The minimum absolute atomic E-state index is 0.204. The second-order valence-corrected chi connectivity index (χ2v) is 5.33. The summed E-state index contributed by atoms with van der Waals surface area (Å²) >= 11 is 0. The fourth-order valence-corrected chi connectivity index (χ4v) is 1.98. The third-order valence-corrected chi connectivity index (χ3v) is 3.02. The van der Waals surface area contributed by atoms with Crippen molar-refractivity contribution in [3.63, 3.8) is 0 Å². The third-order valence-electron chi connectivity index (χ3n) is 3.02. The van der Waals surface area contributed by atoms with Crippen LogP contribution in [0.4, 0.5) is 0 Å². The van der Waals surface area contributed by atoms with Crippen molar-refractivity contribution in [1.29, 1.82) is 0 Å². The molecule has 0 aliphatic carbocycles. The Balaban J connectivity index is 1.81. The maximum Gasteiger partial charge on any atom is 0.134 e. The first kappa shape index (κ1) is 14.1. The Labute approximate surface area is 114 Å². The van der Waals surface area contributed by atoms with Crippen molar-refractivity contribution in [3.05, 3.63) is 36.1 Å². The summed E-state index contributed by atoms with van der Waals surface area (Å²) in [7, 11) is 0. The Hall–Kier alpha value is -1.32. The van der Waals surface area contributed by atoms with Gasteiger partial charge in [0.2, 0.25) is 0 Å². The van der Waals surface area contributed by atoms with Gasteiger partial charge in [0.15, 0.2) is 0 Å². The van der Waals surface area contributed by atoms with Crippen LogP contribution in [-0.2, 0) is 4.74 Å². The Bertz CT molecular complexity index is 471. The van der Waals surface area contributed by atoms with Crippen LogP contribution in [0.25, 0.3) is 11.0 Å². The monoisotopic (exact) mass is 261 g/mol. The van der Waals surface area contributed by atoms with E-state index < -0.39 is 0 Å². The molecule has 1 N–H and O–H groups in total. The lowest BCUT2D eigenvalue weighted by atomic mass is 10.2. The van der Waals surface area contributed by atoms with Gasteiger partial charge in [-0.05, 0) is 25.0 Å². The van der Waals surface area contributed by atoms with Crippen LogP contribution < -0.4 is 5.32 Å². The lowest BCUT2D eigenvalue weighted by molar-refractivity contribution is 0.110.